The molecule has 0 aliphatic heterocycles. The van der Waals surface area contributed by atoms with Crippen molar-refractivity contribution in [3.8, 4) is 17.1 Å². The minimum Gasteiger partial charge on any atom is -0.494 e. The molecular weight excluding hydrogens is 495 g/mol. The first-order chi connectivity index (χ1) is 18.3. The minimum absolute atomic E-state index is 0.367. The molecule has 0 amide bonds. The Morgan fingerprint density at radius 1 is 0.816 bits per heavy atom. The SMILES string of the molecule is C=C(OC(C)(C)C)c1ccc(-c2cc(OCC)cc(P(OCc3ccccc3)OCc3ccccc3)c2)o1. The van der Waals surface area contributed by atoms with Crippen LogP contribution >= 0.6 is 8.38 Å². The van der Waals surface area contributed by atoms with Crippen molar-refractivity contribution in [3.63, 3.8) is 0 Å². The van der Waals surface area contributed by atoms with Crippen LogP contribution < -0.4 is 10.0 Å². The lowest BCUT2D eigenvalue weighted by Crippen LogP contribution is -2.17. The smallest absolute Gasteiger partial charge is 0.205 e. The standard InChI is InChI=1S/C32H35O5P/c1-6-33-28-19-27(31-18-17-30(36-31)24(2)37-32(3,4)5)20-29(21-28)38(34-22-25-13-9-7-10-14-25)35-23-26-15-11-8-12-16-26/h7-21H,2,6,22-23H2,1,3-5H3. The number of furan rings is 1. The second-order valence-electron chi connectivity index (χ2n) is 9.73. The summed E-state index contributed by atoms with van der Waals surface area (Å²) < 4.78 is 30.7. The van der Waals surface area contributed by atoms with Gasteiger partial charge in [-0.05, 0) is 69.2 Å². The summed E-state index contributed by atoms with van der Waals surface area (Å²) >= 11 is 0. The lowest BCUT2D eigenvalue weighted by Gasteiger charge is -2.21. The van der Waals surface area contributed by atoms with Gasteiger partial charge in [0.05, 0.1) is 19.8 Å². The van der Waals surface area contributed by atoms with E-state index in [4.69, 9.17) is 22.9 Å². The van der Waals surface area contributed by atoms with E-state index in [1.165, 1.54) is 0 Å². The van der Waals surface area contributed by atoms with Crippen LogP contribution in [0.15, 0.2) is 102 Å². The fraction of sp³-hybridized carbons (Fsp3) is 0.250. The maximum atomic E-state index is 6.38. The Kier molecular flexibility index (Phi) is 9.41. The molecule has 0 aliphatic carbocycles. The van der Waals surface area contributed by atoms with Crippen LogP contribution in [0, 0.1) is 0 Å². The molecule has 38 heavy (non-hydrogen) atoms. The second kappa shape index (κ2) is 12.9. The molecule has 0 fully saturated rings. The normalized spacial score (nSPS) is 11.5. The van der Waals surface area contributed by atoms with Gasteiger partial charge in [-0.3, -0.25) is 0 Å². The lowest BCUT2D eigenvalue weighted by atomic mass is 10.1. The molecule has 4 aromatic rings. The molecule has 3 aromatic carbocycles. The Bertz CT molecular complexity index is 1270. The van der Waals surface area contributed by atoms with E-state index in [-0.39, 0.29) is 5.60 Å². The monoisotopic (exact) mass is 530 g/mol. The molecule has 0 atom stereocenters. The molecular formula is C32H35O5P. The van der Waals surface area contributed by atoms with Crippen molar-refractivity contribution in [3.05, 3.63) is 114 Å². The van der Waals surface area contributed by atoms with E-state index in [0.29, 0.717) is 37.1 Å². The van der Waals surface area contributed by atoms with Gasteiger partial charge in [0.15, 0.2) is 11.5 Å². The van der Waals surface area contributed by atoms with E-state index in [1.807, 2.05) is 119 Å². The van der Waals surface area contributed by atoms with Crippen molar-refractivity contribution in [2.75, 3.05) is 6.61 Å². The fourth-order valence-electron chi connectivity index (χ4n) is 3.74. The summed E-state index contributed by atoms with van der Waals surface area (Å²) in [6.07, 6.45) is 0. The summed E-state index contributed by atoms with van der Waals surface area (Å²) in [5, 5.41) is 0.899. The molecule has 198 valence electrons. The van der Waals surface area contributed by atoms with Crippen molar-refractivity contribution in [1.82, 2.24) is 0 Å². The van der Waals surface area contributed by atoms with Crippen LogP contribution in [0.1, 0.15) is 44.6 Å². The van der Waals surface area contributed by atoms with Gasteiger partial charge in [-0.1, -0.05) is 67.2 Å². The summed E-state index contributed by atoms with van der Waals surface area (Å²) in [5.74, 6) is 2.48. The average Bonchev–Trinajstić information content (AvgIpc) is 3.40. The van der Waals surface area contributed by atoms with Crippen LogP contribution in [-0.4, -0.2) is 12.2 Å². The van der Waals surface area contributed by atoms with Gasteiger partial charge in [0.1, 0.15) is 17.1 Å². The van der Waals surface area contributed by atoms with E-state index in [2.05, 4.69) is 6.58 Å². The number of hydrogen-bond acceptors (Lipinski definition) is 5. The zero-order chi connectivity index (χ0) is 27.0. The largest absolute Gasteiger partial charge is 0.494 e. The Hall–Kier alpha value is -3.37. The quantitative estimate of drug-likeness (QED) is 0.136. The van der Waals surface area contributed by atoms with E-state index in [9.17, 15) is 0 Å². The zero-order valence-electron chi connectivity index (χ0n) is 22.5. The molecule has 0 unspecified atom stereocenters. The molecule has 0 N–H and O–H groups in total. The maximum Gasteiger partial charge on any atom is 0.205 e. The highest BCUT2D eigenvalue weighted by Gasteiger charge is 2.20. The van der Waals surface area contributed by atoms with Crippen LogP contribution in [-0.2, 0) is 27.0 Å². The van der Waals surface area contributed by atoms with Crippen molar-refractivity contribution < 1.29 is 22.9 Å². The summed E-state index contributed by atoms with van der Waals surface area (Å²) in [6, 6.07) is 30.0. The molecule has 0 radical (unpaired) electrons. The van der Waals surface area contributed by atoms with Crippen LogP contribution in [0.2, 0.25) is 0 Å². The summed E-state index contributed by atoms with van der Waals surface area (Å²) in [6.45, 7) is 13.3. The summed E-state index contributed by atoms with van der Waals surface area (Å²) in [7, 11) is -1.42. The van der Waals surface area contributed by atoms with Gasteiger partial charge >= 0.3 is 0 Å². The third kappa shape index (κ3) is 8.06. The van der Waals surface area contributed by atoms with Gasteiger partial charge in [0.2, 0.25) is 8.38 Å². The van der Waals surface area contributed by atoms with Gasteiger partial charge in [-0.15, -0.1) is 0 Å². The molecule has 0 saturated carbocycles. The molecule has 1 heterocycles. The van der Waals surface area contributed by atoms with E-state index in [0.717, 1.165) is 27.7 Å². The second-order valence-corrected chi connectivity index (χ2v) is 11.3. The highest BCUT2D eigenvalue weighted by Crippen LogP contribution is 2.42. The zero-order valence-corrected chi connectivity index (χ0v) is 23.4. The first kappa shape index (κ1) is 27.7. The Labute approximate surface area is 226 Å². The van der Waals surface area contributed by atoms with Gasteiger partial charge in [-0.2, -0.15) is 0 Å². The van der Waals surface area contributed by atoms with Crippen LogP contribution in [0.4, 0.5) is 0 Å². The van der Waals surface area contributed by atoms with Crippen molar-refractivity contribution in [1.29, 1.82) is 0 Å². The molecule has 0 bridgehead atoms. The Morgan fingerprint density at radius 3 is 1.97 bits per heavy atom. The van der Waals surface area contributed by atoms with Gasteiger partial charge < -0.3 is 22.9 Å². The summed E-state index contributed by atoms with van der Waals surface area (Å²) in [5.41, 5.74) is 2.66. The highest BCUT2D eigenvalue weighted by molar-refractivity contribution is 7.56. The van der Waals surface area contributed by atoms with E-state index < -0.39 is 8.38 Å². The van der Waals surface area contributed by atoms with Crippen LogP contribution in [0.5, 0.6) is 5.75 Å². The topological polar surface area (TPSA) is 50.1 Å². The molecule has 0 saturated heterocycles. The highest BCUT2D eigenvalue weighted by atomic mass is 31.2. The number of benzene rings is 3. The molecule has 0 aliphatic rings. The third-order valence-corrected chi connectivity index (χ3v) is 6.80. The van der Waals surface area contributed by atoms with E-state index >= 15 is 0 Å². The molecule has 0 spiro atoms. The van der Waals surface area contributed by atoms with Crippen LogP contribution in [0.3, 0.4) is 0 Å². The fourth-order valence-corrected chi connectivity index (χ4v) is 5.13. The Balaban J connectivity index is 1.63. The van der Waals surface area contributed by atoms with Crippen molar-refractivity contribution >= 4 is 19.4 Å². The predicted molar refractivity (Wildman–Crippen MR) is 154 cm³/mol. The first-order valence-corrected chi connectivity index (χ1v) is 13.9. The van der Waals surface area contributed by atoms with Crippen LogP contribution in [0.25, 0.3) is 17.1 Å². The maximum absolute atomic E-state index is 6.38. The molecule has 1 aromatic heterocycles. The molecule has 6 heteroatoms. The van der Waals surface area contributed by atoms with Gasteiger partial charge in [0, 0.05) is 10.9 Å². The Morgan fingerprint density at radius 2 is 1.42 bits per heavy atom. The third-order valence-electron chi connectivity index (χ3n) is 5.39. The average molecular weight is 531 g/mol. The number of hydrogen-bond donors (Lipinski definition) is 0. The predicted octanol–water partition coefficient (Wildman–Crippen LogP) is 8.50. The lowest BCUT2D eigenvalue weighted by molar-refractivity contribution is 0.0942. The number of ether oxygens (including phenoxy) is 2. The van der Waals surface area contributed by atoms with Crippen molar-refractivity contribution in [2.45, 2.75) is 46.5 Å². The molecule has 5 nitrogen and oxygen atoms in total. The van der Waals surface area contributed by atoms with Crippen molar-refractivity contribution in [2.24, 2.45) is 0 Å². The van der Waals surface area contributed by atoms with E-state index in [1.54, 1.807) is 0 Å². The van der Waals surface area contributed by atoms with Gasteiger partial charge in [0.25, 0.3) is 0 Å². The minimum atomic E-state index is -1.42. The van der Waals surface area contributed by atoms with Gasteiger partial charge in [-0.25, -0.2) is 0 Å². The first-order valence-electron chi connectivity index (χ1n) is 12.7. The molecule has 4 rings (SSSR count). The summed E-state index contributed by atoms with van der Waals surface area (Å²) in [4.78, 5) is 0. The number of rotatable bonds is 12.